The summed E-state index contributed by atoms with van der Waals surface area (Å²) in [5, 5.41) is 10.7. The molecule has 0 atom stereocenters. The minimum atomic E-state index is -0.981. The fraction of sp³-hybridized carbons (Fsp3) is 0.300. The summed E-state index contributed by atoms with van der Waals surface area (Å²) < 4.78 is 5.26. The standard InChI is InChI=1S/C10H11N3O3/c1-4-10(2,3)16-9-7(13(14)15)5-6-8(11)12-9/h1,5-6H,2-3H3,(H2,11,12). The molecule has 2 N–H and O–H groups in total. The highest BCUT2D eigenvalue weighted by molar-refractivity contribution is 5.47. The Morgan fingerprint density at radius 2 is 2.25 bits per heavy atom. The molecule has 1 aromatic rings. The van der Waals surface area contributed by atoms with Crippen LogP contribution in [-0.4, -0.2) is 15.5 Å². The van der Waals surface area contributed by atoms with Gasteiger partial charge in [-0.2, -0.15) is 4.98 Å². The van der Waals surface area contributed by atoms with Crippen molar-refractivity contribution in [2.75, 3.05) is 5.73 Å². The van der Waals surface area contributed by atoms with Crippen LogP contribution < -0.4 is 10.5 Å². The van der Waals surface area contributed by atoms with E-state index in [-0.39, 0.29) is 17.4 Å². The van der Waals surface area contributed by atoms with E-state index >= 15 is 0 Å². The van der Waals surface area contributed by atoms with Crippen LogP contribution in [-0.2, 0) is 0 Å². The van der Waals surface area contributed by atoms with Gasteiger partial charge < -0.3 is 10.5 Å². The van der Waals surface area contributed by atoms with Gasteiger partial charge in [0.25, 0.3) is 5.88 Å². The van der Waals surface area contributed by atoms with Gasteiger partial charge in [0.2, 0.25) is 0 Å². The average Bonchev–Trinajstić information content (AvgIpc) is 2.16. The summed E-state index contributed by atoms with van der Waals surface area (Å²) in [5.41, 5.74) is 4.18. The van der Waals surface area contributed by atoms with Crippen molar-refractivity contribution < 1.29 is 9.66 Å². The van der Waals surface area contributed by atoms with Crippen LogP contribution in [0.1, 0.15) is 13.8 Å². The highest BCUT2D eigenvalue weighted by Gasteiger charge is 2.24. The van der Waals surface area contributed by atoms with E-state index in [1.165, 1.54) is 12.1 Å². The second-order valence-electron chi connectivity index (χ2n) is 3.57. The van der Waals surface area contributed by atoms with Gasteiger partial charge >= 0.3 is 5.69 Å². The van der Waals surface area contributed by atoms with Gasteiger partial charge in [0.15, 0.2) is 5.60 Å². The average molecular weight is 221 g/mol. The first-order valence-corrected chi connectivity index (χ1v) is 4.43. The van der Waals surface area contributed by atoms with E-state index in [0.717, 1.165) is 0 Å². The third-order valence-corrected chi connectivity index (χ3v) is 1.76. The van der Waals surface area contributed by atoms with E-state index in [2.05, 4.69) is 10.9 Å². The second kappa shape index (κ2) is 4.06. The van der Waals surface area contributed by atoms with Gasteiger partial charge in [-0.05, 0) is 19.9 Å². The van der Waals surface area contributed by atoms with Crippen LogP contribution in [0.15, 0.2) is 12.1 Å². The number of nitrogens with two attached hydrogens (primary N) is 1. The zero-order valence-corrected chi connectivity index (χ0v) is 8.93. The number of nitro groups is 1. The predicted octanol–water partition coefficient (Wildman–Crippen LogP) is 1.36. The summed E-state index contributed by atoms with van der Waals surface area (Å²) in [7, 11) is 0. The normalized spacial score (nSPS) is 10.6. The molecule has 1 aromatic heterocycles. The molecule has 0 aliphatic rings. The molecule has 0 aromatic carbocycles. The maximum absolute atomic E-state index is 10.7. The lowest BCUT2D eigenvalue weighted by Crippen LogP contribution is -2.26. The summed E-state index contributed by atoms with van der Waals surface area (Å²) >= 11 is 0. The fourth-order valence-corrected chi connectivity index (χ4v) is 0.933. The quantitative estimate of drug-likeness (QED) is 0.472. The van der Waals surface area contributed by atoms with Crippen molar-refractivity contribution in [2.45, 2.75) is 19.4 Å². The molecule has 0 fully saturated rings. The van der Waals surface area contributed by atoms with Crippen LogP contribution in [0.4, 0.5) is 11.5 Å². The fourth-order valence-electron chi connectivity index (χ4n) is 0.933. The van der Waals surface area contributed by atoms with E-state index in [9.17, 15) is 10.1 Å². The van der Waals surface area contributed by atoms with Crippen LogP contribution in [0.5, 0.6) is 5.88 Å². The van der Waals surface area contributed by atoms with Crippen LogP contribution in [0.2, 0.25) is 0 Å². The molecular formula is C10H11N3O3. The molecule has 0 unspecified atom stereocenters. The molecule has 0 radical (unpaired) electrons. The number of nitrogens with zero attached hydrogens (tertiary/aromatic N) is 2. The van der Waals surface area contributed by atoms with Gasteiger partial charge in [-0.25, -0.2) is 0 Å². The van der Waals surface area contributed by atoms with Crippen LogP contribution in [0.3, 0.4) is 0 Å². The van der Waals surface area contributed by atoms with E-state index in [4.69, 9.17) is 16.9 Å². The maximum Gasteiger partial charge on any atom is 0.331 e. The zero-order valence-electron chi connectivity index (χ0n) is 8.93. The first-order valence-electron chi connectivity index (χ1n) is 4.43. The Labute approximate surface area is 92.6 Å². The van der Waals surface area contributed by atoms with Crippen molar-refractivity contribution in [1.29, 1.82) is 0 Å². The Morgan fingerprint density at radius 3 is 2.75 bits per heavy atom. The molecule has 1 heterocycles. The van der Waals surface area contributed by atoms with E-state index in [1.54, 1.807) is 13.8 Å². The summed E-state index contributed by atoms with van der Waals surface area (Å²) in [6, 6.07) is 2.55. The van der Waals surface area contributed by atoms with Gasteiger partial charge in [0, 0.05) is 6.07 Å². The number of nitrogen functional groups attached to an aromatic ring is 1. The molecule has 6 heteroatoms. The van der Waals surface area contributed by atoms with E-state index < -0.39 is 10.5 Å². The largest absolute Gasteiger partial charge is 0.454 e. The molecule has 16 heavy (non-hydrogen) atoms. The summed E-state index contributed by atoms with van der Waals surface area (Å²) in [6.07, 6.45) is 5.21. The van der Waals surface area contributed by atoms with Crippen molar-refractivity contribution >= 4 is 11.5 Å². The first-order chi connectivity index (χ1) is 7.35. The van der Waals surface area contributed by atoms with Crippen LogP contribution in [0, 0.1) is 22.5 Å². The van der Waals surface area contributed by atoms with Crippen molar-refractivity contribution in [2.24, 2.45) is 0 Å². The topological polar surface area (TPSA) is 91.3 Å². The minimum Gasteiger partial charge on any atom is -0.454 e. The van der Waals surface area contributed by atoms with Crippen molar-refractivity contribution in [3.05, 3.63) is 22.2 Å². The molecular weight excluding hydrogens is 210 g/mol. The SMILES string of the molecule is C#CC(C)(C)Oc1nc(N)ccc1[N+](=O)[O-]. The van der Waals surface area contributed by atoms with Crippen molar-refractivity contribution in [1.82, 2.24) is 4.98 Å². The molecule has 0 bridgehead atoms. The lowest BCUT2D eigenvalue weighted by Gasteiger charge is -2.18. The maximum atomic E-state index is 10.7. The molecule has 0 aliphatic carbocycles. The lowest BCUT2D eigenvalue weighted by atomic mass is 10.1. The Hall–Kier alpha value is -2.29. The summed E-state index contributed by atoms with van der Waals surface area (Å²) in [5.74, 6) is 2.31. The number of aromatic nitrogens is 1. The van der Waals surface area contributed by atoms with Gasteiger partial charge in [0.1, 0.15) is 5.82 Å². The molecule has 84 valence electrons. The predicted molar refractivity (Wildman–Crippen MR) is 58.8 cm³/mol. The number of anilines is 1. The van der Waals surface area contributed by atoms with Gasteiger partial charge in [-0.15, -0.1) is 6.42 Å². The van der Waals surface area contributed by atoms with Crippen molar-refractivity contribution in [3.63, 3.8) is 0 Å². The van der Waals surface area contributed by atoms with E-state index in [0.29, 0.717) is 0 Å². The third kappa shape index (κ3) is 2.60. The number of terminal acetylenes is 1. The Morgan fingerprint density at radius 1 is 1.62 bits per heavy atom. The Kier molecular flexibility index (Phi) is 2.99. The molecule has 0 aliphatic heterocycles. The Balaban J connectivity index is 3.17. The van der Waals surface area contributed by atoms with Crippen molar-refractivity contribution in [3.8, 4) is 18.2 Å². The molecule has 0 spiro atoms. The Bertz CT molecular complexity index is 463. The number of ether oxygens (including phenoxy) is 1. The van der Waals surface area contributed by atoms with Crippen LogP contribution >= 0.6 is 0 Å². The first kappa shape index (κ1) is 11.8. The third-order valence-electron chi connectivity index (χ3n) is 1.76. The molecule has 0 saturated heterocycles. The molecule has 0 saturated carbocycles. The summed E-state index contributed by atoms with van der Waals surface area (Å²) in [4.78, 5) is 13.8. The minimum absolute atomic E-state index is 0.133. The number of pyridine rings is 1. The highest BCUT2D eigenvalue weighted by atomic mass is 16.6. The monoisotopic (exact) mass is 221 g/mol. The summed E-state index contributed by atoms with van der Waals surface area (Å²) in [6.45, 7) is 3.20. The molecule has 1 rings (SSSR count). The smallest absolute Gasteiger partial charge is 0.331 e. The number of rotatable bonds is 3. The number of hydrogen-bond acceptors (Lipinski definition) is 5. The highest BCUT2D eigenvalue weighted by Crippen LogP contribution is 2.28. The van der Waals surface area contributed by atoms with Crippen LogP contribution in [0.25, 0.3) is 0 Å². The van der Waals surface area contributed by atoms with Gasteiger partial charge in [-0.3, -0.25) is 10.1 Å². The lowest BCUT2D eigenvalue weighted by molar-refractivity contribution is -0.386. The van der Waals surface area contributed by atoms with Gasteiger partial charge in [-0.1, -0.05) is 5.92 Å². The molecule has 0 amide bonds. The number of hydrogen-bond donors (Lipinski definition) is 1. The van der Waals surface area contributed by atoms with E-state index in [1.807, 2.05) is 0 Å². The zero-order chi connectivity index (χ0) is 12.3. The molecule has 6 nitrogen and oxygen atoms in total. The van der Waals surface area contributed by atoms with Gasteiger partial charge in [0.05, 0.1) is 4.92 Å². The second-order valence-corrected chi connectivity index (χ2v) is 3.57.